The van der Waals surface area contributed by atoms with Gasteiger partial charge in [0.15, 0.2) is 5.96 Å². The van der Waals surface area contributed by atoms with Crippen molar-refractivity contribution in [3.05, 3.63) is 35.9 Å². The number of carbonyl (C=O) groups is 18. The van der Waals surface area contributed by atoms with Crippen LogP contribution in [0.25, 0.3) is 0 Å². The number of guanidine groups is 1. The summed E-state index contributed by atoms with van der Waals surface area (Å²) in [5.74, 6) is -21.4. The number of benzene rings is 1. The molecule has 0 aliphatic heterocycles. The quantitative estimate of drug-likeness (QED) is 0.0164. The van der Waals surface area contributed by atoms with Gasteiger partial charge in [0.1, 0.15) is 78.5 Å². The van der Waals surface area contributed by atoms with Crippen LogP contribution in [0.5, 0.6) is 0 Å². The van der Waals surface area contributed by atoms with E-state index in [1.807, 2.05) is 0 Å². The Bertz CT molecular complexity index is 3400. The van der Waals surface area contributed by atoms with Crippen LogP contribution in [0.15, 0.2) is 35.3 Å². The Hall–Kier alpha value is -11.2. The summed E-state index contributed by atoms with van der Waals surface area (Å²) < 4.78 is 0. The van der Waals surface area contributed by atoms with Crippen molar-refractivity contribution in [3.63, 3.8) is 0 Å². The number of hydrogen-bond acceptors (Lipinski definition) is 22. The molecule has 1 rings (SSSR count). The summed E-state index contributed by atoms with van der Waals surface area (Å²) in [6.07, 6.45) is -1.08. The molecule has 42 nitrogen and oxygen atoms in total. The predicted octanol–water partition coefficient (Wildman–Crippen LogP) is -9.00. The number of aliphatic hydroxyl groups excluding tert-OH is 1. The largest absolute Gasteiger partial charge is 0.394 e. The lowest BCUT2D eigenvalue weighted by Gasteiger charge is -2.30. The summed E-state index contributed by atoms with van der Waals surface area (Å²) in [4.78, 5) is 246. The highest BCUT2D eigenvalue weighted by Crippen LogP contribution is 2.15. The van der Waals surface area contributed by atoms with Gasteiger partial charge in [0.05, 0.1) is 31.9 Å². The fraction of sp³-hybridized carbons (Fsp3) is 0.638. The molecule has 15 atom stereocenters. The van der Waals surface area contributed by atoms with Gasteiger partial charge in [-0.2, -0.15) is 0 Å². The highest BCUT2D eigenvalue weighted by Gasteiger charge is 2.40. The van der Waals surface area contributed by atoms with Crippen molar-refractivity contribution < 1.29 is 91.4 Å². The van der Waals surface area contributed by atoms with Crippen LogP contribution < -0.4 is 121 Å². The van der Waals surface area contributed by atoms with E-state index in [1.165, 1.54) is 48.5 Å². The Kier molecular flexibility index (Phi) is 44.5. The lowest BCUT2D eigenvalue weighted by Crippen LogP contribution is -2.62. The molecule has 42 heteroatoms. The first-order chi connectivity index (χ1) is 52.0. The summed E-state index contributed by atoms with van der Waals surface area (Å²) >= 11 is 0. The molecule has 18 amide bonds. The third-order valence-electron chi connectivity index (χ3n) is 17.3. The van der Waals surface area contributed by atoms with Gasteiger partial charge in [0, 0.05) is 19.4 Å². The maximum absolute atomic E-state index is 14.3. The number of nitrogens with two attached hydrogens (primary N) is 9. The molecule has 0 aliphatic carbocycles. The van der Waals surface area contributed by atoms with E-state index in [0.717, 1.165) is 0 Å². The molecule has 0 unspecified atom stereocenters. The first-order valence-electron chi connectivity index (χ1n) is 36.6. The lowest BCUT2D eigenvalue weighted by molar-refractivity contribution is -0.138. The molecule has 0 aromatic heterocycles. The molecule has 622 valence electrons. The molecule has 0 aliphatic rings. The van der Waals surface area contributed by atoms with Crippen LogP contribution in [0.4, 0.5) is 0 Å². The highest BCUT2D eigenvalue weighted by molar-refractivity contribution is 6.02. The third-order valence-corrected chi connectivity index (χ3v) is 17.3. The maximum Gasteiger partial charge on any atom is 0.245 e. The number of nitrogens with one attached hydrogen (secondary N) is 13. The van der Waals surface area contributed by atoms with Crippen LogP contribution in [0, 0.1) is 17.8 Å². The Morgan fingerprint density at radius 1 is 0.387 bits per heavy atom. The topological polar surface area (TPSA) is 730 Å². The molecule has 1 aromatic rings. The number of unbranched alkanes of at least 4 members (excludes halogenated alkanes) is 2. The van der Waals surface area contributed by atoms with Gasteiger partial charge in [-0.1, -0.05) is 104 Å². The molecule has 0 bridgehead atoms. The molecular formula is C69H117N23O19. The first-order valence-corrected chi connectivity index (χ1v) is 36.6. The van der Waals surface area contributed by atoms with E-state index in [9.17, 15) is 91.4 Å². The second-order valence-corrected chi connectivity index (χ2v) is 27.6. The molecular weight excluding hydrogens is 1450 g/mol. The summed E-state index contributed by atoms with van der Waals surface area (Å²) in [5, 5.41) is 41.8. The minimum atomic E-state index is -2.04. The summed E-state index contributed by atoms with van der Waals surface area (Å²) in [6.45, 7) is 12.7. The van der Waals surface area contributed by atoms with Gasteiger partial charge in [0.2, 0.25) is 106 Å². The fourth-order valence-electron chi connectivity index (χ4n) is 10.6. The van der Waals surface area contributed by atoms with Crippen LogP contribution in [0.1, 0.15) is 158 Å². The molecule has 0 saturated carbocycles. The number of hydrogen-bond donors (Lipinski definition) is 23. The van der Waals surface area contributed by atoms with E-state index < -0.39 is 235 Å². The summed E-state index contributed by atoms with van der Waals surface area (Å²) in [7, 11) is 0. The zero-order valence-electron chi connectivity index (χ0n) is 64.4. The molecule has 0 spiro atoms. The Balaban J connectivity index is 3.45. The smallest absolute Gasteiger partial charge is 0.245 e. The summed E-state index contributed by atoms with van der Waals surface area (Å²) in [5.41, 5.74) is 50.2. The van der Waals surface area contributed by atoms with Crippen molar-refractivity contribution in [1.29, 1.82) is 0 Å². The minimum Gasteiger partial charge on any atom is -0.394 e. The predicted molar refractivity (Wildman–Crippen MR) is 402 cm³/mol. The van der Waals surface area contributed by atoms with Crippen LogP contribution in [0.2, 0.25) is 0 Å². The van der Waals surface area contributed by atoms with Gasteiger partial charge in [-0.25, -0.2) is 0 Å². The molecule has 32 N–H and O–H groups in total. The monoisotopic (exact) mass is 1570 g/mol. The number of rotatable bonds is 54. The number of aliphatic imine (C=N–C) groups is 1. The van der Waals surface area contributed by atoms with E-state index in [1.54, 1.807) is 44.2 Å². The summed E-state index contributed by atoms with van der Waals surface area (Å²) in [6, 6.07) is -13.3. The fourth-order valence-corrected chi connectivity index (χ4v) is 10.6. The van der Waals surface area contributed by atoms with Gasteiger partial charge in [0.25, 0.3) is 0 Å². The minimum absolute atomic E-state index is 0.00430. The van der Waals surface area contributed by atoms with Crippen molar-refractivity contribution in [3.8, 4) is 0 Å². The van der Waals surface area contributed by atoms with E-state index in [2.05, 4.69) is 74.1 Å². The second kappa shape index (κ2) is 50.5. The Morgan fingerprint density at radius 2 is 0.766 bits per heavy atom. The van der Waals surface area contributed by atoms with Gasteiger partial charge in [-0.3, -0.25) is 91.3 Å². The maximum atomic E-state index is 14.3. The molecule has 0 heterocycles. The number of amides is 18. The lowest BCUT2D eigenvalue weighted by atomic mass is 9.96. The van der Waals surface area contributed by atoms with Crippen molar-refractivity contribution in [2.45, 2.75) is 243 Å². The van der Waals surface area contributed by atoms with Gasteiger partial charge < -0.3 is 126 Å². The van der Waals surface area contributed by atoms with Gasteiger partial charge in [-0.05, 0) is 82.2 Å². The SMILES string of the molecule is CCCC[C@H](NC(=O)[C@H](C)NC(=O)[C@H](C)NC(=O)[C@H](CCC(N)=O)NC(=O)[C@@H](N)CCCCN)C(=O)N[C@H](C(=O)N[C@@H](CC(N)=O)C(=O)N[C@H](C(=O)N[C@@H](CC(N)=O)C(=O)N[C@@H](CC(N)=O)C(=O)N[C@@H](CO)C(=O)N[C@H](C(=O)N[C@@H](Cc1ccccc1)C(=O)N[C@@H](CCCN=C(N)N)C(N)=O)C(C)C)[C@@H](C)CC)C(C)C. The van der Waals surface area contributed by atoms with Crippen LogP contribution in [-0.2, 0) is 92.7 Å². The van der Waals surface area contributed by atoms with Crippen molar-refractivity contribution >= 4 is 112 Å². The van der Waals surface area contributed by atoms with Gasteiger partial charge in [-0.15, -0.1) is 0 Å². The van der Waals surface area contributed by atoms with Crippen LogP contribution in [0.3, 0.4) is 0 Å². The van der Waals surface area contributed by atoms with E-state index in [4.69, 9.17) is 51.6 Å². The Morgan fingerprint density at radius 3 is 1.22 bits per heavy atom. The average molecular weight is 1570 g/mol. The number of primary amides is 5. The zero-order valence-corrected chi connectivity index (χ0v) is 64.4. The second-order valence-electron chi connectivity index (χ2n) is 27.6. The van der Waals surface area contributed by atoms with E-state index in [-0.39, 0.29) is 63.9 Å². The Labute approximate surface area is 643 Å². The number of nitrogens with zero attached hydrogens (tertiary/aromatic N) is 1. The van der Waals surface area contributed by atoms with E-state index in [0.29, 0.717) is 37.8 Å². The normalized spacial score (nSPS) is 15.1. The molecule has 1 aromatic carbocycles. The first kappa shape index (κ1) is 97.8. The number of carbonyl (C=O) groups excluding carboxylic acids is 18. The van der Waals surface area contributed by atoms with Crippen molar-refractivity contribution in [2.75, 3.05) is 19.7 Å². The standard InChI is InChI=1S/C69H117N23O19/c1-10-12-22-41(83-57(100)37(9)80-56(99)36(8)81-59(102)42(24-25-48(72)94)84-58(101)39(71)21-16-17-26-70)60(103)90-52(33(3)4)67(110)87-46(31-51(75)97)64(107)92-54(35(7)11-2)68(111)88-45(30-50(74)96)62(105)85-44(29-49(73)95)63(106)89-47(32-93)65(108)91-53(34(5)6)66(109)86-43(28-38-19-14-13-15-20-38)61(104)82-40(55(76)98)23-18-27-79-69(77)78/h13-15,19-20,33-37,39-47,52-54,93H,10-12,16-18,21-32,70-71H2,1-9H3,(H2,72,94)(H2,73,95)(H2,74,96)(H2,75,97)(H2,76,98)(H,80,99)(H,81,102)(H,82,104)(H,83,100)(H,84,101)(H,85,105)(H,86,109)(H,87,110)(H,88,111)(H,89,106)(H,90,103)(H,91,108)(H,92,107)(H4,77,78,79)/t35-,36-,37-,39-,40-,41-,42-,43-,44-,45-,46-,47-,52-,53-,54-/m0/s1. The van der Waals surface area contributed by atoms with Crippen LogP contribution >= 0.6 is 0 Å². The molecule has 111 heavy (non-hydrogen) atoms. The third kappa shape index (κ3) is 37.2. The molecule has 0 saturated heterocycles. The number of aliphatic hydroxyl groups is 1. The van der Waals surface area contributed by atoms with Crippen molar-refractivity contribution in [1.82, 2.24) is 69.1 Å². The zero-order chi connectivity index (χ0) is 84.5. The van der Waals surface area contributed by atoms with Crippen molar-refractivity contribution in [2.24, 2.45) is 74.3 Å². The highest BCUT2D eigenvalue weighted by atomic mass is 16.3. The van der Waals surface area contributed by atoms with E-state index >= 15 is 0 Å². The van der Waals surface area contributed by atoms with Crippen LogP contribution in [-0.4, -0.2) is 222 Å². The van der Waals surface area contributed by atoms with Gasteiger partial charge >= 0.3 is 0 Å². The molecule has 0 fully saturated rings. The average Bonchev–Trinajstić information content (AvgIpc) is 0.850. The molecule has 0 radical (unpaired) electrons.